The van der Waals surface area contributed by atoms with Gasteiger partial charge in [-0.15, -0.1) is 0 Å². The summed E-state index contributed by atoms with van der Waals surface area (Å²) in [6.45, 7) is 1.73. The normalized spacial score (nSPS) is 11.2. The van der Waals surface area contributed by atoms with E-state index in [9.17, 15) is 17.6 Å². The van der Waals surface area contributed by atoms with Gasteiger partial charge in [0.15, 0.2) is 5.11 Å². The molecule has 23 heavy (non-hydrogen) atoms. The zero-order chi connectivity index (χ0) is 17.2. The predicted molar refractivity (Wildman–Crippen MR) is 87.4 cm³/mol. The van der Waals surface area contributed by atoms with E-state index < -0.39 is 17.6 Å². The van der Waals surface area contributed by atoms with E-state index in [1.54, 1.807) is 13.0 Å². The highest BCUT2D eigenvalue weighted by molar-refractivity contribution is 7.80. The summed E-state index contributed by atoms with van der Waals surface area (Å²) in [4.78, 5) is 0. The van der Waals surface area contributed by atoms with Crippen LogP contribution in [-0.4, -0.2) is 5.11 Å². The minimum absolute atomic E-state index is 0.0217. The van der Waals surface area contributed by atoms with Gasteiger partial charge in [-0.1, -0.05) is 17.7 Å². The van der Waals surface area contributed by atoms with Crippen LogP contribution in [0.5, 0.6) is 0 Å². The predicted octanol–water partition coefficient (Wildman–Crippen LogP) is 5.62. The van der Waals surface area contributed by atoms with E-state index in [0.29, 0.717) is 0 Å². The van der Waals surface area contributed by atoms with Gasteiger partial charge in [-0.25, -0.2) is 4.39 Å². The smallest absolute Gasteiger partial charge is 0.331 e. The average molecular weight is 363 g/mol. The highest BCUT2D eigenvalue weighted by Crippen LogP contribution is 2.33. The van der Waals surface area contributed by atoms with Crippen molar-refractivity contribution < 1.29 is 17.6 Å². The van der Waals surface area contributed by atoms with Crippen molar-refractivity contribution in [3.05, 3.63) is 58.4 Å². The maximum Gasteiger partial charge on any atom is 0.416 e. The fourth-order valence-corrected chi connectivity index (χ4v) is 2.18. The van der Waals surface area contributed by atoms with Gasteiger partial charge in [-0.3, -0.25) is 0 Å². The molecular weight excluding hydrogens is 352 g/mol. The molecule has 0 aliphatic carbocycles. The number of thiocarbonyl (C=S) groups is 1. The Morgan fingerprint density at radius 2 is 1.70 bits per heavy atom. The molecule has 0 heterocycles. The first-order chi connectivity index (χ1) is 10.7. The van der Waals surface area contributed by atoms with Crippen LogP contribution in [0.1, 0.15) is 11.1 Å². The zero-order valence-corrected chi connectivity index (χ0v) is 13.3. The van der Waals surface area contributed by atoms with Crippen LogP contribution < -0.4 is 10.6 Å². The van der Waals surface area contributed by atoms with E-state index in [2.05, 4.69) is 10.6 Å². The van der Waals surface area contributed by atoms with Gasteiger partial charge in [0.2, 0.25) is 0 Å². The molecule has 0 saturated heterocycles. The Morgan fingerprint density at radius 3 is 2.30 bits per heavy atom. The minimum Gasteiger partial charge on any atom is -0.331 e. The van der Waals surface area contributed by atoms with Gasteiger partial charge in [0.1, 0.15) is 5.82 Å². The Hall–Kier alpha value is -1.86. The van der Waals surface area contributed by atoms with Gasteiger partial charge >= 0.3 is 6.18 Å². The molecule has 0 spiro atoms. The second kappa shape index (κ2) is 6.72. The zero-order valence-electron chi connectivity index (χ0n) is 11.8. The Bertz CT molecular complexity index is 747. The number of aryl methyl sites for hydroxylation is 1. The number of rotatable bonds is 2. The van der Waals surface area contributed by atoms with Crippen molar-refractivity contribution >= 4 is 40.3 Å². The summed E-state index contributed by atoms with van der Waals surface area (Å²) in [6, 6.07) is 7.27. The van der Waals surface area contributed by atoms with Crippen molar-refractivity contribution in [2.24, 2.45) is 0 Å². The van der Waals surface area contributed by atoms with Crippen LogP contribution in [0.4, 0.5) is 28.9 Å². The lowest BCUT2D eigenvalue weighted by molar-refractivity contribution is -0.137. The van der Waals surface area contributed by atoms with Crippen molar-refractivity contribution in [3.63, 3.8) is 0 Å². The molecule has 0 bridgehead atoms. The molecule has 0 aliphatic heterocycles. The second-order valence-electron chi connectivity index (χ2n) is 4.75. The molecule has 0 atom stereocenters. The van der Waals surface area contributed by atoms with Crippen molar-refractivity contribution in [2.45, 2.75) is 13.1 Å². The monoisotopic (exact) mass is 362 g/mol. The molecule has 0 radical (unpaired) electrons. The van der Waals surface area contributed by atoms with Crippen LogP contribution in [0.2, 0.25) is 5.02 Å². The molecule has 0 unspecified atom stereocenters. The molecule has 2 aromatic rings. The lowest BCUT2D eigenvalue weighted by Gasteiger charge is -2.14. The summed E-state index contributed by atoms with van der Waals surface area (Å²) >= 11 is 10.8. The van der Waals surface area contributed by atoms with Crippen LogP contribution in [0.3, 0.4) is 0 Å². The largest absolute Gasteiger partial charge is 0.416 e. The van der Waals surface area contributed by atoms with Crippen molar-refractivity contribution in [3.8, 4) is 0 Å². The topological polar surface area (TPSA) is 24.1 Å². The van der Waals surface area contributed by atoms with Gasteiger partial charge in [-0.05, 0) is 55.0 Å². The Labute approximate surface area is 140 Å². The quantitative estimate of drug-likeness (QED) is 0.536. The first-order valence-corrected chi connectivity index (χ1v) is 7.16. The molecule has 2 nitrogen and oxygen atoms in total. The molecule has 2 rings (SSSR count). The van der Waals surface area contributed by atoms with Crippen LogP contribution in [0.15, 0.2) is 36.4 Å². The second-order valence-corrected chi connectivity index (χ2v) is 5.57. The number of hydrogen-bond acceptors (Lipinski definition) is 1. The summed E-state index contributed by atoms with van der Waals surface area (Å²) in [5.41, 5.74) is -0.0516. The first-order valence-electron chi connectivity index (χ1n) is 6.38. The Kier molecular flexibility index (Phi) is 5.11. The van der Waals surface area contributed by atoms with Crippen LogP contribution in [0, 0.1) is 12.7 Å². The summed E-state index contributed by atoms with van der Waals surface area (Å²) in [5, 5.41) is 5.10. The van der Waals surface area contributed by atoms with Crippen LogP contribution >= 0.6 is 23.8 Å². The average Bonchev–Trinajstić information content (AvgIpc) is 2.43. The highest BCUT2D eigenvalue weighted by atomic mass is 35.5. The number of anilines is 2. The maximum absolute atomic E-state index is 13.7. The third-order valence-corrected chi connectivity index (χ3v) is 3.45. The number of hydrogen-bond donors (Lipinski definition) is 2. The molecule has 122 valence electrons. The van der Waals surface area contributed by atoms with E-state index in [1.165, 1.54) is 12.1 Å². The SMILES string of the molecule is Cc1ccc(NC(=S)Nc2cc(C(F)(F)F)ccc2Cl)c(F)c1. The lowest BCUT2D eigenvalue weighted by Crippen LogP contribution is -2.20. The van der Waals surface area contributed by atoms with E-state index >= 15 is 0 Å². The number of benzene rings is 2. The molecular formula is C15H11ClF4N2S. The molecule has 0 aliphatic rings. The van der Waals surface area contributed by atoms with Gasteiger partial charge < -0.3 is 10.6 Å². The van der Waals surface area contributed by atoms with Crippen molar-refractivity contribution in [1.29, 1.82) is 0 Å². The number of alkyl halides is 3. The minimum atomic E-state index is -4.50. The van der Waals surface area contributed by atoms with E-state index in [-0.39, 0.29) is 21.5 Å². The highest BCUT2D eigenvalue weighted by Gasteiger charge is 2.31. The van der Waals surface area contributed by atoms with Crippen molar-refractivity contribution in [2.75, 3.05) is 10.6 Å². The summed E-state index contributed by atoms with van der Waals surface area (Å²) < 4.78 is 51.8. The molecule has 0 saturated carbocycles. The lowest BCUT2D eigenvalue weighted by atomic mass is 10.2. The van der Waals surface area contributed by atoms with E-state index in [4.69, 9.17) is 23.8 Å². The number of halogens is 5. The van der Waals surface area contributed by atoms with Crippen LogP contribution in [0.25, 0.3) is 0 Å². The standard InChI is InChI=1S/C15H11ClF4N2S/c1-8-2-5-12(11(17)6-8)21-14(23)22-13-7-9(15(18,19)20)3-4-10(13)16/h2-7H,1H3,(H2,21,22,23). The molecule has 2 N–H and O–H groups in total. The molecule has 0 aromatic heterocycles. The van der Waals surface area contributed by atoms with Crippen LogP contribution in [-0.2, 0) is 6.18 Å². The molecule has 8 heteroatoms. The first kappa shape index (κ1) is 17.5. The third-order valence-electron chi connectivity index (χ3n) is 2.91. The molecule has 2 aromatic carbocycles. The third kappa shape index (κ3) is 4.56. The molecule has 0 fully saturated rings. The fourth-order valence-electron chi connectivity index (χ4n) is 1.79. The van der Waals surface area contributed by atoms with E-state index in [0.717, 1.165) is 23.8 Å². The summed E-state index contributed by atoms with van der Waals surface area (Å²) in [6.07, 6.45) is -4.50. The Balaban J connectivity index is 2.17. The summed E-state index contributed by atoms with van der Waals surface area (Å²) in [5.74, 6) is -0.524. The van der Waals surface area contributed by atoms with E-state index in [1.807, 2.05) is 0 Å². The van der Waals surface area contributed by atoms with Gasteiger partial charge in [0.25, 0.3) is 0 Å². The maximum atomic E-state index is 13.7. The fraction of sp³-hybridized carbons (Fsp3) is 0.133. The van der Waals surface area contributed by atoms with Crippen molar-refractivity contribution in [1.82, 2.24) is 0 Å². The number of nitrogens with one attached hydrogen (secondary N) is 2. The van der Waals surface area contributed by atoms with Gasteiger partial charge in [0, 0.05) is 0 Å². The van der Waals surface area contributed by atoms with Gasteiger partial charge in [-0.2, -0.15) is 13.2 Å². The Morgan fingerprint density at radius 1 is 1.04 bits per heavy atom. The van der Waals surface area contributed by atoms with Gasteiger partial charge in [0.05, 0.1) is 22.0 Å². The summed E-state index contributed by atoms with van der Waals surface area (Å²) in [7, 11) is 0. The molecule has 0 amide bonds.